The Morgan fingerprint density at radius 3 is 2.75 bits per heavy atom. The Balaban J connectivity index is 2.12. The Kier molecular flexibility index (Phi) is 4.20. The van der Waals surface area contributed by atoms with E-state index in [0.29, 0.717) is 22.9 Å². The Morgan fingerprint density at radius 1 is 1.40 bits per heavy atom. The van der Waals surface area contributed by atoms with Gasteiger partial charge in [0.15, 0.2) is 0 Å². The summed E-state index contributed by atoms with van der Waals surface area (Å²) in [5.74, 6) is 0. The lowest BCUT2D eigenvalue weighted by atomic mass is 10.2. The van der Waals surface area contributed by atoms with E-state index >= 15 is 0 Å². The third-order valence-electron chi connectivity index (χ3n) is 2.51. The number of benzene rings is 1. The first-order valence-corrected chi connectivity index (χ1v) is 8.09. The van der Waals surface area contributed by atoms with Crippen molar-refractivity contribution in [3.63, 3.8) is 0 Å². The van der Waals surface area contributed by atoms with E-state index < -0.39 is 10.0 Å². The summed E-state index contributed by atoms with van der Waals surface area (Å²) >= 11 is 6.08. The maximum Gasteiger partial charge on any atom is 0.229 e. The van der Waals surface area contributed by atoms with Crippen molar-refractivity contribution >= 4 is 33.0 Å². The van der Waals surface area contributed by atoms with E-state index in [0.717, 1.165) is 11.8 Å². The summed E-state index contributed by atoms with van der Waals surface area (Å²) in [6.45, 7) is 0.551. The fourth-order valence-electron chi connectivity index (χ4n) is 1.70. The molecule has 0 spiro atoms. The number of halogens is 1. The minimum atomic E-state index is -3.30. The van der Waals surface area contributed by atoms with Crippen molar-refractivity contribution in [2.24, 2.45) is 7.05 Å². The van der Waals surface area contributed by atoms with Gasteiger partial charge in [-0.3, -0.25) is 9.40 Å². The standard InChI is InChI=1S/C12H15ClN4O2S/c1-17-8-9(7-15-17)6-14-12-5-10(3-4-11(12)13)16-20(2,18)19/h3-5,7-8,14,16H,6H2,1-2H3. The van der Waals surface area contributed by atoms with Crippen LogP contribution < -0.4 is 10.0 Å². The summed E-state index contributed by atoms with van der Waals surface area (Å²) in [4.78, 5) is 0. The first-order chi connectivity index (χ1) is 9.33. The quantitative estimate of drug-likeness (QED) is 0.885. The predicted octanol–water partition coefficient (Wildman–Crippen LogP) is 2.06. The Hall–Kier alpha value is -1.73. The topological polar surface area (TPSA) is 76.0 Å². The molecule has 108 valence electrons. The summed E-state index contributed by atoms with van der Waals surface area (Å²) < 4.78 is 26.5. The first-order valence-electron chi connectivity index (χ1n) is 5.82. The Bertz CT molecular complexity index is 712. The number of nitrogens with zero attached hydrogens (tertiary/aromatic N) is 2. The second-order valence-electron chi connectivity index (χ2n) is 4.44. The molecule has 2 rings (SSSR count). The molecule has 1 heterocycles. The third kappa shape index (κ3) is 4.14. The molecule has 2 N–H and O–H groups in total. The van der Waals surface area contributed by atoms with Gasteiger partial charge in [-0.05, 0) is 18.2 Å². The minimum Gasteiger partial charge on any atom is -0.380 e. The number of aromatic nitrogens is 2. The SMILES string of the molecule is Cn1cc(CNc2cc(NS(C)(=O)=O)ccc2Cl)cn1. The summed E-state index contributed by atoms with van der Waals surface area (Å²) in [5.41, 5.74) is 2.12. The molecule has 20 heavy (non-hydrogen) atoms. The van der Waals surface area contributed by atoms with Crippen molar-refractivity contribution in [2.45, 2.75) is 6.54 Å². The van der Waals surface area contributed by atoms with Crippen LogP contribution in [0.4, 0.5) is 11.4 Å². The molecule has 0 amide bonds. The zero-order valence-corrected chi connectivity index (χ0v) is 12.7. The molecule has 2 aromatic rings. The first kappa shape index (κ1) is 14.7. The molecule has 6 nitrogen and oxygen atoms in total. The monoisotopic (exact) mass is 314 g/mol. The number of hydrogen-bond acceptors (Lipinski definition) is 4. The van der Waals surface area contributed by atoms with Gasteiger partial charge in [0, 0.05) is 25.4 Å². The van der Waals surface area contributed by atoms with E-state index in [4.69, 9.17) is 11.6 Å². The predicted molar refractivity (Wildman–Crippen MR) is 80.5 cm³/mol. The van der Waals surface area contributed by atoms with Crippen LogP contribution in [0.3, 0.4) is 0 Å². The van der Waals surface area contributed by atoms with Gasteiger partial charge in [0.25, 0.3) is 0 Å². The molecule has 0 aliphatic rings. The van der Waals surface area contributed by atoms with Crippen LogP contribution in [0.15, 0.2) is 30.6 Å². The number of sulfonamides is 1. The lowest BCUT2D eigenvalue weighted by Gasteiger charge is -2.10. The summed E-state index contributed by atoms with van der Waals surface area (Å²) in [6.07, 6.45) is 4.74. The molecule has 0 saturated heterocycles. The fraction of sp³-hybridized carbons (Fsp3) is 0.250. The molecule has 1 aromatic heterocycles. The van der Waals surface area contributed by atoms with Gasteiger partial charge in [-0.1, -0.05) is 11.6 Å². The van der Waals surface area contributed by atoms with Crippen molar-refractivity contribution < 1.29 is 8.42 Å². The smallest absolute Gasteiger partial charge is 0.229 e. The van der Waals surface area contributed by atoms with Crippen LogP contribution in [0.25, 0.3) is 0 Å². The Labute approximate surface area is 122 Å². The van der Waals surface area contributed by atoms with Gasteiger partial charge in [0.1, 0.15) is 0 Å². The summed E-state index contributed by atoms with van der Waals surface area (Å²) in [7, 11) is -1.46. The molecule has 0 fully saturated rings. The maximum absolute atomic E-state index is 11.2. The van der Waals surface area contributed by atoms with Crippen LogP contribution in [-0.2, 0) is 23.6 Å². The van der Waals surface area contributed by atoms with Gasteiger partial charge < -0.3 is 5.32 Å². The lowest BCUT2D eigenvalue weighted by Crippen LogP contribution is -2.10. The van der Waals surface area contributed by atoms with Crippen LogP contribution in [0.5, 0.6) is 0 Å². The molecule has 0 saturated carbocycles. The second kappa shape index (κ2) is 5.72. The van der Waals surface area contributed by atoms with Gasteiger partial charge in [-0.2, -0.15) is 5.10 Å². The van der Waals surface area contributed by atoms with E-state index in [1.807, 2.05) is 13.2 Å². The number of aryl methyl sites for hydroxylation is 1. The zero-order chi connectivity index (χ0) is 14.8. The van der Waals surface area contributed by atoms with E-state index in [1.165, 1.54) is 0 Å². The highest BCUT2D eigenvalue weighted by molar-refractivity contribution is 7.92. The van der Waals surface area contributed by atoms with Crippen molar-refractivity contribution in [2.75, 3.05) is 16.3 Å². The highest BCUT2D eigenvalue weighted by Gasteiger charge is 2.06. The van der Waals surface area contributed by atoms with Gasteiger partial charge in [-0.15, -0.1) is 0 Å². The average molecular weight is 315 g/mol. The number of anilines is 2. The van der Waals surface area contributed by atoms with Crippen molar-refractivity contribution in [1.29, 1.82) is 0 Å². The third-order valence-corrected chi connectivity index (χ3v) is 3.45. The molecule has 0 bridgehead atoms. The molecule has 8 heteroatoms. The maximum atomic E-state index is 11.2. The highest BCUT2D eigenvalue weighted by atomic mass is 35.5. The van der Waals surface area contributed by atoms with Crippen LogP contribution >= 0.6 is 11.6 Å². The molecular formula is C12H15ClN4O2S. The van der Waals surface area contributed by atoms with E-state index in [-0.39, 0.29) is 0 Å². The molecule has 0 unspecified atom stereocenters. The minimum absolute atomic E-state index is 0.464. The number of nitrogens with one attached hydrogen (secondary N) is 2. The summed E-state index contributed by atoms with van der Waals surface area (Å²) in [5, 5.41) is 7.74. The molecular weight excluding hydrogens is 300 g/mol. The van der Waals surface area contributed by atoms with Crippen molar-refractivity contribution in [3.8, 4) is 0 Å². The van der Waals surface area contributed by atoms with Gasteiger partial charge >= 0.3 is 0 Å². The van der Waals surface area contributed by atoms with E-state index in [9.17, 15) is 8.42 Å². The average Bonchev–Trinajstić information content (AvgIpc) is 2.74. The molecule has 1 aromatic carbocycles. The van der Waals surface area contributed by atoms with Crippen molar-refractivity contribution in [3.05, 3.63) is 41.2 Å². The fourth-order valence-corrected chi connectivity index (χ4v) is 2.44. The largest absolute Gasteiger partial charge is 0.380 e. The second-order valence-corrected chi connectivity index (χ2v) is 6.60. The zero-order valence-electron chi connectivity index (χ0n) is 11.1. The van der Waals surface area contributed by atoms with Gasteiger partial charge in [-0.25, -0.2) is 8.42 Å². The normalized spacial score (nSPS) is 11.3. The van der Waals surface area contributed by atoms with Gasteiger partial charge in [0.2, 0.25) is 10.0 Å². The Morgan fingerprint density at radius 2 is 2.15 bits per heavy atom. The molecule has 0 aliphatic carbocycles. The lowest BCUT2D eigenvalue weighted by molar-refractivity contribution is 0.607. The van der Waals surface area contributed by atoms with Crippen LogP contribution in [0, 0.1) is 0 Å². The highest BCUT2D eigenvalue weighted by Crippen LogP contribution is 2.26. The van der Waals surface area contributed by atoms with Gasteiger partial charge in [0.05, 0.1) is 28.9 Å². The number of hydrogen-bond donors (Lipinski definition) is 2. The van der Waals surface area contributed by atoms with Crippen LogP contribution in [0.2, 0.25) is 5.02 Å². The van der Waals surface area contributed by atoms with Crippen LogP contribution in [-0.4, -0.2) is 24.5 Å². The van der Waals surface area contributed by atoms with E-state index in [2.05, 4.69) is 15.1 Å². The molecule has 0 atom stereocenters. The van der Waals surface area contributed by atoms with Crippen LogP contribution in [0.1, 0.15) is 5.56 Å². The van der Waals surface area contributed by atoms with Crippen molar-refractivity contribution in [1.82, 2.24) is 9.78 Å². The molecule has 0 aliphatic heterocycles. The van der Waals surface area contributed by atoms with E-state index in [1.54, 1.807) is 29.1 Å². The summed E-state index contributed by atoms with van der Waals surface area (Å²) in [6, 6.07) is 4.90. The molecule has 0 radical (unpaired) electrons. The number of rotatable bonds is 5.